The minimum atomic E-state index is -5.40. The number of likely N-dealkylation sites (N-methyl/N-ethyl adjacent to an activating group) is 1. The van der Waals surface area contributed by atoms with Crippen LogP contribution >= 0.6 is 11.3 Å². The maximum Gasteiger partial charge on any atom is 0.501 e. The first-order chi connectivity index (χ1) is 11.1. The standard InChI is InChI=1S/C15H17F3N2O2S2/c1-20(2)12(13-7-5-9-23-13)10-19-11-6-3-4-8-14(11)24(21,22)15(16,17)18/h3-9,12,19H,10H2,1-2H3/t12-/m0/s1. The van der Waals surface area contributed by atoms with Crippen molar-refractivity contribution >= 4 is 26.9 Å². The van der Waals surface area contributed by atoms with Gasteiger partial charge < -0.3 is 10.2 Å². The second-order valence-corrected chi connectivity index (χ2v) is 8.21. The van der Waals surface area contributed by atoms with Crippen LogP contribution in [0.2, 0.25) is 0 Å². The summed E-state index contributed by atoms with van der Waals surface area (Å²) in [6, 6.07) is 8.78. The number of benzene rings is 1. The third-order valence-electron chi connectivity index (χ3n) is 3.46. The average Bonchev–Trinajstić information content (AvgIpc) is 3.00. The lowest BCUT2D eigenvalue weighted by Gasteiger charge is -2.24. The number of anilines is 1. The maximum absolute atomic E-state index is 12.8. The first-order valence-electron chi connectivity index (χ1n) is 6.98. The zero-order valence-electron chi connectivity index (χ0n) is 13.0. The van der Waals surface area contributed by atoms with E-state index in [2.05, 4.69) is 5.32 Å². The molecule has 1 atom stereocenters. The van der Waals surface area contributed by atoms with E-state index in [-0.39, 0.29) is 18.3 Å². The third kappa shape index (κ3) is 3.90. The number of sulfone groups is 1. The summed E-state index contributed by atoms with van der Waals surface area (Å²) in [7, 11) is -1.70. The molecule has 0 spiro atoms. The molecule has 0 radical (unpaired) electrons. The summed E-state index contributed by atoms with van der Waals surface area (Å²) in [6.07, 6.45) is 0. The Balaban J connectivity index is 2.28. The first-order valence-corrected chi connectivity index (χ1v) is 9.35. The fourth-order valence-electron chi connectivity index (χ4n) is 2.20. The van der Waals surface area contributed by atoms with E-state index in [1.165, 1.54) is 29.5 Å². The molecule has 0 aliphatic rings. The van der Waals surface area contributed by atoms with Crippen LogP contribution in [0.15, 0.2) is 46.7 Å². The van der Waals surface area contributed by atoms with Crippen molar-refractivity contribution < 1.29 is 21.6 Å². The normalized spacial score (nSPS) is 13.9. The smallest absolute Gasteiger partial charge is 0.382 e. The number of alkyl halides is 3. The highest BCUT2D eigenvalue weighted by atomic mass is 32.2. The zero-order valence-corrected chi connectivity index (χ0v) is 14.7. The minimum absolute atomic E-state index is 0.0572. The van der Waals surface area contributed by atoms with Crippen LogP contribution in [0.5, 0.6) is 0 Å². The van der Waals surface area contributed by atoms with Crippen LogP contribution < -0.4 is 5.32 Å². The Hall–Kier alpha value is -1.58. The van der Waals surface area contributed by atoms with Crippen molar-refractivity contribution in [1.82, 2.24) is 4.90 Å². The predicted octanol–water partition coefficient (Wildman–Crippen LogP) is 3.76. The van der Waals surface area contributed by atoms with E-state index in [0.29, 0.717) is 0 Å². The lowest BCUT2D eigenvalue weighted by atomic mass is 10.2. The molecule has 1 aromatic carbocycles. The van der Waals surface area contributed by atoms with E-state index in [4.69, 9.17) is 0 Å². The van der Waals surface area contributed by atoms with E-state index in [1.807, 2.05) is 36.5 Å². The van der Waals surface area contributed by atoms with E-state index >= 15 is 0 Å². The number of nitrogens with one attached hydrogen (secondary N) is 1. The van der Waals surface area contributed by atoms with Crippen molar-refractivity contribution in [2.75, 3.05) is 26.0 Å². The Morgan fingerprint density at radius 3 is 2.38 bits per heavy atom. The van der Waals surface area contributed by atoms with Gasteiger partial charge >= 0.3 is 5.51 Å². The average molecular weight is 378 g/mol. The van der Waals surface area contributed by atoms with Crippen molar-refractivity contribution in [3.05, 3.63) is 46.7 Å². The van der Waals surface area contributed by atoms with Crippen LogP contribution in [0, 0.1) is 0 Å². The molecule has 1 aromatic heterocycles. The third-order valence-corrected chi connectivity index (χ3v) is 5.98. The van der Waals surface area contributed by atoms with Crippen molar-refractivity contribution in [3.8, 4) is 0 Å². The maximum atomic E-state index is 12.8. The zero-order chi connectivity index (χ0) is 18.0. The molecule has 0 bridgehead atoms. The highest BCUT2D eigenvalue weighted by molar-refractivity contribution is 7.92. The summed E-state index contributed by atoms with van der Waals surface area (Å²) in [4.78, 5) is 2.18. The molecule has 0 aliphatic heterocycles. The highest BCUT2D eigenvalue weighted by Crippen LogP contribution is 2.34. The van der Waals surface area contributed by atoms with Gasteiger partial charge in [-0.25, -0.2) is 8.42 Å². The minimum Gasteiger partial charge on any atom is -0.382 e. The molecule has 2 aromatic rings. The SMILES string of the molecule is CN(C)[C@@H](CNc1ccccc1S(=O)(=O)C(F)(F)F)c1cccs1. The first kappa shape index (κ1) is 18.8. The van der Waals surface area contributed by atoms with Gasteiger partial charge in [-0.1, -0.05) is 18.2 Å². The van der Waals surface area contributed by atoms with Gasteiger partial charge in [-0.2, -0.15) is 13.2 Å². The second kappa shape index (κ2) is 7.12. The lowest BCUT2D eigenvalue weighted by molar-refractivity contribution is -0.0435. The van der Waals surface area contributed by atoms with Crippen LogP contribution in [0.1, 0.15) is 10.9 Å². The van der Waals surface area contributed by atoms with Crippen LogP contribution in [-0.2, 0) is 9.84 Å². The van der Waals surface area contributed by atoms with E-state index in [9.17, 15) is 21.6 Å². The summed E-state index contributed by atoms with van der Waals surface area (Å²) in [6.45, 7) is 0.276. The Kier molecular flexibility index (Phi) is 5.56. The summed E-state index contributed by atoms with van der Waals surface area (Å²) < 4.78 is 61.9. The second-order valence-electron chi connectivity index (χ2n) is 5.32. The molecule has 0 fully saturated rings. The molecular weight excluding hydrogens is 361 g/mol. The van der Waals surface area contributed by atoms with E-state index < -0.39 is 20.2 Å². The molecule has 132 valence electrons. The van der Waals surface area contributed by atoms with Gasteiger partial charge in [0.25, 0.3) is 9.84 Å². The fraction of sp³-hybridized carbons (Fsp3) is 0.333. The number of para-hydroxylation sites is 1. The quantitative estimate of drug-likeness (QED) is 0.832. The predicted molar refractivity (Wildman–Crippen MR) is 88.9 cm³/mol. The number of hydrogen-bond acceptors (Lipinski definition) is 5. The molecule has 24 heavy (non-hydrogen) atoms. The van der Waals surface area contributed by atoms with Crippen LogP contribution in [0.3, 0.4) is 0 Å². The number of halogens is 3. The van der Waals surface area contributed by atoms with Crippen LogP contribution in [0.25, 0.3) is 0 Å². The van der Waals surface area contributed by atoms with Crippen LogP contribution in [-0.4, -0.2) is 39.5 Å². The lowest BCUT2D eigenvalue weighted by Crippen LogP contribution is -2.28. The molecule has 0 saturated carbocycles. The monoisotopic (exact) mass is 378 g/mol. The van der Waals surface area contributed by atoms with Gasteiger partial charge in [-0.3, -0.25) is 0 Å². The number of rotatable bonds is 6. The van der Waals surface area contributed by atoms with Gasteiger partial charge in [0.05, 0.1) is 16.6 Å². The van der Waals surface area contributed by atoms with Gasteiger partial charge in [0.2, 0.25) is 0 Å². The van der Waals surface area contributed by atoms with Gasteiger partial charge in [0.15, 0.2) is 0 Å². The molecule has 9 heteroatoms. The van der Waals surface area contributed by atoms with Gasteiger partial charge in [-0.05, 0) is 37.7 Å². The largest absolute Gasteiger partial charge is 0.501 e. The summed E-state index contributed by atoms with van der Waals surface area (Å²) in [5.74, 6) is 0. The Bertz CT molecular complexity index is 772. The van der Waals surface area contributed by atoms with Crippen molar-refractivity contribution in [2.45, 2.75) is 16.4 Å². The Morgan fingerprint density at radius 2 is 1.83 bits per heavy atom. The fourth-order valence-corrected chi connectivity index (χ4v) is 4.06. The van der Waals surface area contributed by atoms with Gasteiger partial charge in [0, 0.05) is 11.4 Å². The molecule has 2 rings (SSSR count). The molecule has 0 amide bonds. The Labute approximate surface area is 142 Å². The number of hydrogen-bond donors (Lipinski definition) is 1. The molecule has 0 aliphatic carbocycles. The summed E-state index contributed by atoms with van der Waals surface area (Å²) in [5, 5.41) is 4.76. The van der Waals surface area contributed by atoms with Gasteiger partial charge in [-0.15, -0.1) is 11.3 Å². The molecule has 1 N–H and O–H groups in total. The van der Waals surface area contributed by atoms with Crippen molar-refractivity contribution in [2.24, 2.45) is 0 Å². The Morgan fingerprint density at radius 1 is 1.17 bits per heavy atom. The van der Waals surface area contributed by atoms with Crippen molar-refractivity contribution in [3.63, 3.8) is 0 Å². The summed E-state index contributed by atoms with van der Waals surface area (Å²) >= 11 is 1.53. The number of nitrogens with zero attached hydrogens (tertiary/aromatic N) is 1. The molecule has 4 nitrogen and oxygen atoms in total. The summed E-state index contributed by atoms with van der Waals surface area (Å²) in [5.41, 5.74) is -5.39. The molecule has 1 heterocycles. The van der Waals surface area contributed by atoms with Gasteiger partial charge in [0.1, 0.15) is 0 Å². The number of thiophene rings is 1. The van der Waals surface area contributed by atoms with Crippen molar-refractivity contribution in [1.29, 1.82) is 0 Å². The van der Waals surface area contributed by atoms with E-state index in [0.717, 1.165) is 10.9 Å². The highest BCUT2D eigenvalue weighted by Gasteiger charge is 2.47. The molecule has 0 saturated heterocycles. The molecule has 0 unspecified atom stereocenters. The van der Waals surface area contributed by atoms with Crippen LogP contribution in [0.4, 0.5) is 18.9 Å². The topological polar surface area (TPSA) is 49.4 Å². The molecular formula is C15H17F3N2O2S2. The van der Waals surface area contributed by atoms with E-state index in [1.54, 1.807) is 0 Å².